The van der Waals surface area contributed by atoms with Crippen molar-refractivity contribution in [2.75, 3.05) is 11.4 Å². The van der Waals surface area contributed by atoms with Crippen LogP contribution in [-0.4, -0.2) is 27.3 Å². The molecule has 0 bridgehead atoms. The number of hydrogen-bond donors (Lipinski definition) is 0. The van der Waals surface area contributed by atoms with Gasteiger partial charge in [0.1, 0.15) is 0 Å². The lowest BCUT2D eigenvalue weighted by Gasteiger charge is -2.22. The Bertz CT molecular complexity index is 1120. The van der Waals surface area contributed by atoms with Gasteiger partial charge in [-0.3, -0.25) is 14.2 Å². The van der Waals surface area contributed by atoms with E-state index in [4.69, 9.17) is 0 Å². The number of carbonyl (C=O) groups excluding carboxylic acids is 1. The first-order valence-electron chi connectivity index (χ1n) is 9.26. The van der Waals surface area contributed by atoms with Crippen LogP contribution in [0.5, 0.6) is 0 Å². The lowest BCUT2D eigenvalue weighted by molar-refractivity contribution is -0.117. The summed E-state index contributed by atoms with van der Waals surface area (Å²) in [4.78, 5) is 32.5. The Morgan fingerprint density at radius 3 is 2.82 bits per heavy atom. The summed E-state index contributed by atoms with van der Waals surface area (Å²) in [6.07, 6.45) is 2.54. The largest absolute Gasteiger partial charge is 0.311 e. The highest BCUT2D eigenvalue weighted by Gasteiger charge is 2.29. The molecule has 0 N–H and O–H groups in total. The maximum Gasteiger partial charge on any atom is 0.262 e. The standard InChI is InChI=1S/C22H21N3O2S/c1-3-13-25-21(27)17-9-5-6-10-18(17)23-22(25)28-15(2)20(26)24-14-12-16-8-4-7-11-19(16)24/h3-11,15H,1,12-14H2,2H3. The van der Waals surface area contributed by atoms with Crippen molar-refractivity contribution in [2.24, 2.45) is 0 Å². The predicted octanol–water partition coefficient (Wildman–Crippen LogP) is 3.65. The van der Waals surface area contributed by atoms with Crippen LogP contribution in [0.4, 0.5) is 5.69 Å². The van der Waals surface area contributed by atoms with Crippen LogP contribution in [-0.2, 0) is 17.8 Å². The molecule has 28 heavy (non-hydrogen) atoms. The molecule has 0 saturated carbocycles. The number of anilines is 1. The highest BCUT2D eigenvalue weighted by Crippen LogP contribution is 2.31. The van der Waals surface area contributed by atoms with E-state index < -0.39 is 0 Å². The Kier molecular flexibility index (Phi) is 5.05. The molecule has 2 heterocycles. The van der Waals surface area contributed by atoms with Crippen LogP contribution in [0.1, 0.15) is 12.5 Å². The average molecular weight is 391 g/mol. The van der Waals surface area contributed by atoms with E-state index in [1.54, 1.807) is 16.7 Å². The first-order chi connectivity index (χ1) is 13.6. The van der Waals surface area contributed by atoms with Gasteiger partial charge in [0.2, 0.25) is 5.91 Å². The van der Waals surface area contributed by atoms with Gasteiger partial charge in [-0.15, -0.1) is 6.58 Å². The Balaban J connectivity index is 1.66. The van der Waals surface area contributed by atoms with E-state index >= 15 is 0 Å². The first kappa shape index (κ1) is 18.5. The lowest BCUT2D eigenvalue weighted by atomic mass is 10.2. The zero-order chi connectivity index (χ0) is 19.7. The van der Waals surface area contributed by atoms with Gasteiger partial charge in [0.15, 0.2) is 5.16 Å². The zero-order valence-corrected chi connectivity index (χ0v) is 16.5. The number of nitrogens with zero attached hydrogens (tertiary/aromatic N) is 3. The summed E-state index contributed by atoms with van der Waals surface area (Å²) in [5, 5.41) is 0.744. The van der Waals surface area contributed by atoms with Gasteiger partial charge in [0, 0.05) is 18.8 Å². The summed E-state index contributed by atoms with van der Waals surface area (Å²) in [5.74, 6) is 0.0301. The molecule has 2 aromatic carbocycles. The van der Waals surface area contributed by atoms with E-state index in [1.165, 1.54) is 17.3 Å². The van der Waals surface area contributed by atoms with Crippen molar-refractivity contribution in [1.29, 1.82) is 0 Å². The number of thioether (sulfide) groups is 1. The molecular weight excluding hydrogens is 370 g/mol. The topological polar surface area (TPSA) is 55.2 Å². The molecule has 3 aromatic rings. The SMILES string of the molecule is C=CCn1c(SC(C)C(=O)N2CCc3ccccc32)nc2ccccc2c1=O. The molecule has 1 amide bonds. The van der Waals surface area contributed by atoms with E-state index in [1.807, 2.05) is 48.2 Å². The van der Waals surface area contributed by atoms with Crippen molar-refractivity contribution >= 4 is 34.3 Å². The van der Waals surface area contributed by atoms with Crippen LogP contribution in [0.25, 0.3) is 10.9 Å². The summed E-state index contributed by atoms with van der Waals surface area (Å²) in [7, 11) is 0. The number of allylic oxidation sites excluding steroid dienone is 1. The molecule has 1 atom stereocenters. The van der Waals surface area contributed by atoms with Gasteiger partial charge < -0.3 is 4.90 Å². The van der Waals surface area contributed by atoms with Gasteiger partial charge in [-0.2, -0.15) is 0 Å². The Morgan fingerprint density at radius 2 is 2.00 bits per heavy atom. The molecule has 0 fully saturated rings. The molecule has 1 aromatic heterocycles. The molecule has 0 spiro atoms. The van der Waals surface area contributed by atoms with Crippen molar-refractivity contribution in [1.82, 2.24) is 9.55 Å². The molecule has 5 nitrogen and oxygen atoms in total. The quantitative estimate of drug-likeness (QED) is 0.378. The van der Waals surface area contributed by atoms with Gasteiger partial charge in [-0.05, 0) is 37.1 Å². The van der Waals surface area contributed by atoms with Crippen molar-refractivity contribution in [2.45, 2.75) is 30.3 Å². The molecule has 0 radical (unpaired) electrons. The summed E-state index contributed by atoms with van der Waals surface area (Å²) in [6, 6.07) is 15.3. The van der Waals surface area contributed by atoms with E-state index in [-0.39, 0.29) is 16.7 Å². The fraction of sp³-hybridized carbons (Fsp3) is 0.227. The second-order valence-electron chi connectivity index (χ2n) is 6.74. The predicted molar refractivity (Wildman–Crippen MR) is 114 cm³/mol. The normalized spacial score (nSPS) is 14.1. The minimum atomic E-state index is -0.365. The third kappa shape index (κ3) is 3.24. The maximum absolute atomic E-state index is 13.1. The van der Waals surface area contributed by atoms with E-state index in [2.05, 4.69) is 17.6 Å². The molecule has 6 heteroatoms. The third-order valence-electron chi connectivity index (χ3n) is 4.92. The second-order valence-corrected chi connectivity index (χ2v) is 8.05. The highest BCUT2D eigenvalue weighted by molar-refractivity contribution is 8.00. The van der Waals surface area contributed by atoms with Gasteiger partial charge in [0.25, 0.3) is 5.56 Å². The number of aromatic nitrogens is 2. The maximum atomic E-state index is 13.1. The van der Waals surface area contributed by atoms with Crippen LogP contribution in [0, 0.1) is 0 Å². The first-order valence-corrected chi connectivity index (χ1v) is 10.1. The van der Waals surface area contributed by atoms with Crippen LogP contribution < -0.4 is 10.5 Å². The van der Waals surface area contributed by atoms with E-state index in [0.717, 1.165) is 12.1 Å². The number of carbonyl (C=O) groups is 1. The molecule has 0 saturated heterocycles. The lowest BCUT2D eigenvalue weighted by Crippen LogP contribution is -2.35. The highest BCUT2D eigenvalue weighted by atomic mass is 32.2. The molecule has 142 valence electrons. The summed E-state index contributed by atoms with van der Waals surface area (Å²) in [5.41, 5.74) is 2.70. The van der Waals surface area contributed by atoms with Crippen LogP contribution in [0.3, 0.4) is 0 Å². The number of amides is 1. The number of hydrogen-bond acceptors (Lipinski definition) is 4. The van der Waals surface area contributed by atoms with Gasteiger partial charge in [0.05, 0.1) is 16.2 Å². The fourth-order valence-corrected chi connectivity index (χ4v) is 4.50. The molecular formula is C22H21N3O2S. The van der Waals surface area contributed by atoms with Gasteiger partial charge >= 0.3 is 0 Å². The average Bonchev–Trinajstić information content (AvgIpc) is 3.14. The zero-order valence-electron chi connectivity index (χ0n) is 15.7. The second kappa shape index (κ2) is 7.64. The summed E-state index contributed by atoms with van der Waals surface area (Å²) < 4.78 is 1.59. The molecule has 1 aliphatic heterocycles. The van der Waals surface area contributed by atoms with Crippen LogP contribution in [0.2, 0.25) is 0 Å². The molecule has 1 aliphatic rings. The van der Waals surface area contributed by atoms with Crippen LogP contribution >= 0.6 is 11.8 Å². The minimum absolute atomic E-state index is 0.0301. The Labute approximate surface area is 167 Å². The fourth-order valence-electron chi connectivity index (χ4n) is 3.52. The van der Waals surface area contributed by atoms with Crippen molar-refractivity contribution < 1.29 is 4.79 Å². The number of fused-ring (bicyclic) bond motifs is 2. The van der Waals surface area contributed by atoms with E-state index in [0.29, 0.717) is 29.1 Å². The number of rotatable bonds is 5. The Morgan fingerprint density at radius 1 is 1.25 bits per heavy atom. The Hall–Kier alpha value is -2.86. The molecule has 0 aliphatic carbocycles. The summed E-state index contributed by atoms with van der Waals surface area (Å²) in [6.45, 7) is 6.66. The molecule has 1 unspecified atom stereocenters. The van der Waals surface area contributed by atoms with E-state index in [9.17, 15) is 9.59 Å². The summed E-state index contributed by atoms with van der Waals surface area (Å²) >= 11 is 1.32. The molecule has 4 rings (SSSR count). The van der Waals surface area contributed by atoms with Gasteiger partial charge in [-0.25, -0.2) is 4.98 Å². The van der Waals surface area contributed by atoms with Crippen molar-refractivity contribution in [3.63, 3.8) is 0 Å². The van der Waals surface area contributed by atoms with Crippen molar-refractivity contribution in [3.8, 4) is 0 Å². The monoisotopic (exact) mass is 391 g/mol. The third-order valence-corrected chi connectivity index (χ3v) is 6.00. The number of benzene rings is 2. The minimum Gasteiger partial charge on any atom is -0.311 e. The van der Waals surface area contributed by atoms with Gasteiger partial charge in [-0.1, -0.05) is 48.2 Å². The number of para-hydroxylation sites is 2. The van der Waals surface area contributed by atoms with Crippen LogP contribution in [0.15, 0.2) is 71.1 Å². The smallest absolute Gasteiger partial charge is 0.262 e. The van der Waals surface area contributed by atoms with Crippen molar-refractivity contribution in [3.05, 3.63) is 77.1 Å².